The summed E-state index contributed by atoms with van der Waals surface area (Å²) in [6, 6.07) is 18.7. The number of alkyl halides is 3. The Hall–Kier alpha value is -6.96. The second kappa shape index (κ2) is 25.7. The second-order valence-corrected chi connectivity index (χ2v) is 22.9. The van der Waals surface area contributed by atoms with Crippen LogP contribution in [0.1, 0.15) is 101 Å². The molecule has 6 N–H and O–H groups in total. The van der Waals surface area contributed by atoms with E-state index >= 15 is 0 Å². The summed E-state index contributed by atoms with van der Waals surface area (Å²) in [5, 5.41) is 17.8. The molecule has 2 aromatic heterocycles. The van der Waals surface area contributed by atoms with Crippen molar-refractivity contribution in [2.75, 3.05) is 39.6 Å². The third kappa shape index (κ3) is 14.2. The predicted octanol–water partition coefficient (Wildman–Crippen LogP) is 4.17. The summed E-state index contributed by atoms with van der Waals surface area (Å²) in [6.45, 7) is 6.23. The van der Waals surface area contributed by atoms with Crippen molar-refractivity contribution < 1.29 is 75.1 Å². The molecule has 9 aliphatic rings. The molecule has 0 radical (unpaired) electrons. The van der Waals surface area contributed by atoms with E-state index in [-0.39, 0.29) is 126 Å². The van der Waals surface area contributed by atoms with Gasteiger partial charge in [-0.1, -0.05) is 37.6 Å². The Morgan fingerprint density at radius 2 is 0.976 bits per heavy atom. The van der Waals surface area contributed by atoms with Crippen molar-refractivity contribution in [3.63, 3.8) is 0 Å². The lowest BCUT2D eigenvalue weighted by Gasteiger charge is -2.18. The molecule has 0 spiro atoms. The monoisotopic (exact) mass is 1170 g/mol. The van der Waals surface area contributed by atoms with Crippen LogP contribution in [-0.2, 0) is 49.2 Å². The average Bonchev–Trinajstić information content (AvgIpc) is 4.40. The van der Waals surface area contributed by atoms with E-state index in [0.29, 0.717) is 44.3 Å². The van der Waals surface area contributed by atoms with E-state index in [9.17, 15) is 41.9 Å². The fourth-order valence-corrected chi connectivity index (χ4v) is 11.4. The Labute approximate surface area is 483 Å². The second-order valence-electron chi connectivity index (χ2n) is 22.9. The van der Waals surface area contributed by atoms with Crippen molar-refractivity contribution in [1.82, 2.24) is 41.5 Å². The lowest BCUT2D eigenvalue weighted by Crippen LogP contribution is -2.47. The van der Waals surface area contributed by atoms with E-state index in [1.165, 1.54) is 12.1 Å². The molecule has 0 bridgehead atoms. The van der Waals surface area contributed by atoms with E-state index in [0.717, 1.165) is 86.9 Å². The van der Waals surface area contributed by atoms with Crippen molar-refractivity contribution in [1.29, 1.82) is 0 Å². The molecule has 24 heteroatoms. The van der Waals surface area contributed by atoms with Crippen LogP contribution in [0.3, 0.4) is 0 Å². The van der Waals surface area contributed by atoms with Crippen molar-refractivity contribution in [3.8, 4) is 11.4 Å². The largest absolute Gasteiger partial charge is 0.573 e. The number of pyridine rings is 1. The zero-order valence-electron chi connectivity index (χ0n) is 46.7. The van der Waals surface area contributed by atoms with Gasteiger partial charge in [-0.2, -0.15) is 0 Å². The number of fused-ring (bicyclic) bond motifs is 3. The maximum Gasteiger partial charge on any atom is 0.573 e. The van der Waals surface area contributed by atoms with Gasteiger partial charge in [0.1, 0.15) is 48.1 Å². The number of carbonyl (C=O) groups is 6. The summed E-state index contributed by atoms with van der Waals surface area (Å²) >= 11 is 0. The fraction of sp³-hybridized carbons (Fsp3) is 0.550. The number of unbranched alkanes of at least 4 members (excludes halogenated alkanes) is 1. The molecule has 6 saturated heterocycles. The quantitative estimate of drug-likeness (QED) is 0.0869. The number of hydrogen-bond donors (Lipinski definition) is 6. The molecule has 6 amide bonds. The predicted molar refractivity (Wildman–Crippen MR) is 293 cm³/mol. The molecule has 4 aromatic rings. The van der Waals surface area contributed by atoms with Crippen LogP contribution in [0.5, 0.6) is 5.75 Å². The highest BCUT2D eigenvalue weighted by Gasteiger charge is 2.52. The zero-order chi connectivity index (χ0) is 58.6. The number of halogens is 3. The summed E-state index contributed by atoms with van der Waals surface area (Å²) in [5.41, 5.74) is 4.26. The third-order valence-corrected chi connectivity index (χ3v) is 16.6. The van der Waals surface area contributed by atoms with Crippen LogP contribution in [0, 0.1) is 24.7 Å². The zero-order valence-corrected chi connectivity index (χ0v) is 46.7. The number of nitrogens with zero attached hydrogens (tertiary/aromatic N) is 2. The van der Waals surface area contributed by atoms with Gasteiger partial charge in [-0.15, -0.1) is 13.2 Å². The smallest absolute Gasteiger partial charge is 0.406 e. The maximum absolute atomic E-state index is 12.9. The van der Waals surface area contributed by atoms with E-state index in [2.05, 4.69) is 48.5 Å². The van der Waals surface area contributed by atoms with E-state index in [1.54, 1.807) is 12.3 Å². The minimum Gasteiger partial charge on any atom is -0.406 e. The standard InChI is InChI=1S/C22H25N3O4.C20H27N3O4.C18H19F3N2O5/c1-13-16(9-10-25(13)15-5-3-2-4-6-15)22(27)24-18-12-29-19-17(11-28-20(18)19)23-21(26)14-7-8-14;1-2-3-4-12-5-8-14(21-9-12)20(25)23-16-11-27-17-15(10-26-18(16)17)22-19(24)13-6-7-13;19-18(20,21)28-11-5-3-10(4-6-11)17(25)23-13-8-27-14-12(7-26-15(13)14)22-16(24)9-1-2-9/h2-6,9-10,14,17-20H,7-8,11-12H2,1H3,(H,23,26)(H,24,27);5,8-9,13,15-18H,2-4,6-7,10-11H2,1H3,(H,22,24)(H,23,25);3-6,9,12-15H,1-2,7-8H2,(H,22,24)(H,23,25). The highest BCUT2D eigenvalue weighted by molar-refractivity contribution is 5.96. The van der Waals surface area contributed by atoms with Crippen LogP contribution in [0.15, 0.2) is 85.2 Å². The Morgan fingerprint density at radius 1 is 0.548 bits per heavy atom. The topological polar surface area (TPSA) is 257 Å². The number of amides is 6. The number of para-hydroxylation sites is 1. The Balaban J connectivity index is 0.000000132. The first-order valence-corrected chi connectivity index (χ1v) is 29.1. The van der Waals surface area contributed by atoms with Crippen molar-refractivity contribution in [2.24, 2.45) is 17.8 Å². The third-order valence-electron chi connectivity index (χ3n) is 16.6. The number of ether oxygens (including phenoxy) is 7. The number of carbonyl (C=O) groups excluding carboxylic acids is 6. The first-order chi connectivity index (χ1) is 40.6. The molecule has 21 nitrogen and oxygen atoms in total. The molecule has 450 valence electrons. The van der Waals surface area contributed by atoms with Crippen LogP contribution < -0.4 is 36.6 Å². The summed E-state index contributed by atoms with van der Waals surface area (Å²) in [4.78, 5) is 78.1. The van der Waals surface area contributed by atoms with Gasteiger partial charge in [-0.05, 0) is 112 Å². The molecule has 6 aliphatic heterocycles. The van der Waals surface area contributed by atoms with Gasteiger partial charge in [0.2, 0.25) is 17.7 Å². The normalized spacial score (nSPS) is 28.9. The number of aryl methyl sites for hydroxylation is 1. The number of nitrogens with one attached hydrogen (secondary N) is 6. The van der Waals surface area contributed by atoms with Crippen LogP contribution >= 0.6 is 0 Å². The highest BCUT2D eigenvalue weighted by atomic mass is 19.4. The lowest BCUT2D eigenvalue weighted by atomic mass is 10.1. The molecule has 3 saturated carbocycles. The van der Waals surface area contributed by atoms with Gasteiger partial charge < -0.3 is 69.6 Å². The molecule has 9 fully saturated rings. The van der Waals surface area contributed by atoms with Crippen LogP contribution in [0.4, 0.5) is 13.2 Å². The summed E-state index contributed by atoms with van der Waals surface area (Å²) in [7, 11) is 0. The Kier molecular flexibility index (Phi) is 18.0. The van der Waals surface area contributed by atoms with Gasteiger partial charge in [0.25, 0.3) is 17.7 Å². The first-order valence-electron chi connectivity index (χ1n) is 29.1. The maximum atomic E-state index is 12.9. The molecule has 3 aliphatic carbocycles. The van der Waals surface area contributed by atoms with Gasteiger partial charge >= 0.3 is 6.36 Å². The number of hydrogen-bond acceptors (Lipinski definition) is 14. The number of benzene rings is 2. The minimum absolute atomic E-state index is 0.00602. The summed E-state index contributed by atoms with van der Waals surface area (Å²) < 4.78 is 77.2. The molecule has 8 heterocycles. The Morgan fingerprint density at radius 3 is 1.38 bits per heavy atom. The molecule has 12 atom stereocenters. The first kappa shape index (κ1) is 58.8. The van der Waals surface area contributed by atoms with Crippen LogP contribution in [0.2, 0.25) is 0 Å². The number of aromatic nitrogens is 2. The van der Waals surface area contributed by atoms with Gasteiger partial charge in [-0.25, -0.2) is 0 Å². The van der Waals surface area contributed by atoms with Gasteiger partial charge in [0.05, 0.1) is 81.5 Å². The van der Waals surface area contributed by atoms with Crippen molar-refractivity contribution in [3.05, 3.63) is 113 Å². The molecule has 13 rings (SSSR count). The van der Waals surface area contributed by atoms with Crippen molar-refractivity contribution in [2.45, 2.75) is 151 Å². The average molecular weight is 1170 g/mol. The van der Waals surface area contributed by atoms with Gasteiger partial charge in [0, 0.05) is 47.1 Å². The van der Waals surface area contributed by atoms with Crippen LogP contribution in [0.25, 0.3) is 5.69 Å². The van der Waals surface area contributed by atoms with Gasteiger partial charge in [-0.3, -0.25) is 33.8 Å². The van der Waals surface area contributed by atoms with E-state index in [1.807, 2.05) is 60.2 Å². The summed E-state index contributed by atoms with van der Waals surface area (Å²) in [5.74, 6) is -0.632. The molecule has 84 heavy (non-hydrogen) atoms. The molecular weight excluding hydrogens is 1100 g/mol. The van der Waals surface area contributed by atoms with E-state index < -0.39 is 24.1 Å². The van der Waals surface area contributed by atoms with Gasteiger partial charge in [0.15, 0.2) is 0 Å². The Bertz CT molecular complexity index is 3000. The van der Waals surface area contributed by atoms with E-state index in [4.69, 9.17) is 28.4 Å². The minimum atomic E-state index is -4.79. The number of rotatable bonds is 17. The van der Waals surface area contributed by atoms with Crippen LogP contribution in [-0.4, -0.2) is 164 Å². The molecule has 12 unspecified atom stereocenters. The SMILES string of the molecule is CCCCc1ccc(C(=O)NC2COC3C(NC(=O)C4CC4)COC23)nc1.Cc1c(C(=O)NC2COC3C(NC(=O)C4CC4)COC23)ccn1-c1ccccc1.O=C(NC1COC2C(NC(=O)C3CC3)COC12)c1ccc(OC(F)(F)F)cc1. The molecule has 2 aromatic carbocycles. The molecular formula is C60H71F3N8O13. The van der Waals surface area contributed by atoms with Crippen molar-refractivity contribution >= 4 is 35.4 Å². The summed E-state index contributed by atoms with van der Waals surface area (Å²) in [6.07, 6.45) is 6.19. The highest BCUT2D eigenvalue weighted by Crippen LogP contribution is 2.35. The lowest BCUT2D eigenvalue weighted by molar-refractivity contribution is -0.274. The fourth-order valence-electron chi connectivity index (χ4n) is 11.4.